The third-order valence-electron chi connectivity index (χ3n) is 19.7. The molecule has 12 heteroatoms. The van der Waals surface area contributed by atoms with E-state index in [0.717, 1.165) is 114 Å². The smallest absolute Gasteiger partial charge is 0.218 e. The van der Waals surface area contributed by atoms with Gasteiger partial charge in [0.05, 0.1) is 35.1 Å². The largest absolute Gasteiger partial charge is 0.453 e. The van der Waals surface area contributed by atoms with Gasteiger partial charge in [-0.25, -0.2) is 8.42 Å². The predicted molar refractivity (Wildman–Crippen MR) is 324 cm³/mol. The maximum Gasteiger partial charge on any atom is 0.218 e. The van der Waals surface area contributed by atoms with Gasteiger partial charge in [-0.3, -0.25) is 4.79 Å². The van der Waals surface area contributed by atoms with Crippen molar-refractivity contribution < 1.29 is 22.7 Å². The monoisotopic (exact) mass is 1160 g/mol. The SMILES string of the molecule is CC(c1cc(Br)c2c(c1N)CCC2)C1CC1.CC(c1cc(C#N)c2c(c1CC(=O)CS(=O)(=O)c1cc(C(C)(C)O)co1)CCC2)C1CC1.CC(c1cc(C#N)c2c(c1N)CCC2)C1CC1.CC(c1ccc2c(c1N)CCC2)C1CC1. The summed E-state index contributed by atoms with van der Waals surface area (Å²) in [6, 6.07) is 16.8. The molecular weight excluding hydrogens is 1080 g/mol. The summed E-state index contributed by atoms with van der Waals surface area (Å²) < 4.78 is 32.1. The number of benzene rings is 4. The Morgan fingerprint density at radius 1 is 0.613 bits per heavy atom. The number of nitriles is 2. The molecule has 4 saturated carbocycles. The number of ketones is 1. The molecule has 13 rings (SSSR count). The summed E-state index contributed by atoms with van der Waals surface area (Å²) in [4.78, 5) is 13.0. The molecule has 8 aliphatic rings. The number of carbonyl (C=O) groups is 1. The van der Waals surface area contributed by atoms with E-state index in [2.05, 4.69) is 80.0 Å². The van der Waals surface area contributed by atoms with Crippen LogP contribution in [0.5, 0.6) is 0 Å². The normalized spacial score (nSPS) is 19.2. The van der Waals surface area contributed by atoms with Gasteiger partial charge in [-0.2, -0.15) is 10.5 Å². The molecule has 80 heavy (non-hydrogen) atoms. The summed E-state index contributed by atoms with van der Waals surface area (Å²) in [5.41, 5.74) is 39.2. The van der Waals surface area contributed by atoms with Crippen molar-refractivity contribution in [3.8, 4) is 12.1 Å². The van der Waals surface area contributed by atoms with Crippen LogP contribution < -0.4 is 17.2 Å². The molecule has 0 bridgehead atoms. The first-order chi connectivity index (χ1) is 38.2. The van der Waals surface area contributed by atoms with Gasteiger partial charge in [-0.15, -0.1) is 0 Å². The van der Waals surface area contributed by atoms with Gasteiger partial charge in [-0.1, -0.05) is 55.8 Å². The molecule has 0 aliphatic heterocycles. The molecule has 1 aromatic heterocycles. The number of Topliss-reactive ketones (excluding diaryl/α,β-unsaturated/α-hetero) is 1. The number of nitrogens with two attached hydrogens (primary N) is 3. The molecule has 4 aromatic carbocycles. The lowest BCUT2D eigenvalue weighted by Crippen LogP contribution is -2.20. The molecule has 10 nitrogen and oxygen atoms in total. The fourth-order valence-corrected chi connectivity index (χ4v) is 15.8. The zero-order valence-corrected chi connectivity index (χ0v) is 50.6. The number of halogens is 1. The van der Waals surface area contributed by atoms with Crippen molar-refractivity contribution in [2.75, 3.05) is 23.0 Å². The third-order valence-corrected chi connectivity index (χ3v) is 21.9. The van der Waals surface area contributed by atoms with E-state index in [1.54, 1.807) is 0 Å². The Hall–Kier alpha value is -5.40. The Balaban J connectivity index is 0.000000127. The van der Waals surface area contributed by atoms with Crippen LogP contribution in [-0.4, -0.2) is 25.1 Å². The van der Waals surface area contributed by atoms with E-state index in [0.29, 0.717) is 34.8 Å². The molecule has 1 heterocycles. The molecule has 0 spiro atoms. The van der Waals surface area contributed by atoms with E-state index in [-0.39, 0.29) is 17.4 Å². The molecule has 4 unspecified atom stereocenters. The zero-order valence-electron chi connectivity index (χ0n) is 48.2. The minimum Gasteiger partial charge on any atom is -0.453 e. The van der Waals surface area contributed by atoms with Crippen LogP contribution in [0.1, 0.15) is 231 Å². The fraction of sp³-hybridized carbons (Fsp3) is 0.544. The first-order valence-corrected chi connectivity index (χ1v) is 32.6. The maximum atomic E-state index is 13.0. The second kappa shape index (κ2) is 23.5. The van der Waals surface area contributed by atoms with Crippen molar-refractivity contribution in [2.45, 2.75) is 211 Å². The molecule has 5 aromatic rings. The first-order valence-electron chi connectivity index (χ1n) is 30.2. The summed E-state index contributed by atoms with van der Waals surface area (Å²) in [7, 11) is -3.96. The number of fused-ring (bicyclic) bond motifs is 4. The van der Waals surface area contributed by atoms with E-state index in [4.69, 9.17) is 21.6 Å². The fourth-order valence-electron chi connectivity index (χ4n) is 13.9. The maximum absolute atomic E-state index is 13.0. The Morgan fingerprint density at radius 2 is 1.04 bits per heavy atom. The van der Waals surface area contributed by atoms with Gasteiger partial charge in [0.15, 0.2) is 5.78 Å². The lowest BCUT2D eigenvalue weighted by atomic mass is 9.84. The standard InChI is InChI=1S/C25H29NO5S.C15H18N2.C14H18BrN.C14H19N/c1-15(16-7-8-16)22-9-17(12-26)20-5-4-6-21(20)23(22)11-19(27)14-32(29,30)24-10-18(13-31-24)25(2,3)28;1-9(10-5-6-10)14-7-11(8-16)12-3-2-4-13(12)15(14)17;1-8(9-5-6-9)12-7-13(15)10-3-2-4-11(10)14(12)16;1-9(10-5-6-10)12-8-7-11-3-2-4-13(11)14(12)15/h9-10,13,15-16,28H,4-8,11,14H2,1-3H3;7,9-10H,2-6,17H2,1H3;7-9H,2-6,16H2,1H3;7-10H,2-6,15H2,1H3. The van der Waals surface area contributed by atoms with Crippen LogP contribution in [0, 0.1) is 46.3 Å². The molecule has 7 N–H and O–H groups in total. The van der Waals surface area contributed by atoms with Gasteiger partial charge in [-0.05, 0) is 280 Å². The van der Waals surface area contributed by atoms with E-state index < -0.39 is 27.0 Å². The Labute approximate surface area is 484 Å². The van der Waals surface area contributed by atoms with Crippen LogP contribution in [0.15, 0.2) is 56.6 Å². The number of nitrogen functional groups attached to an aromatic ring is 3. The van der Waals surface area contributed by atoms with E-state index in [9.17, 15) is 28.8 Å². The molecular formula is C68H84BrN5O5S. The summed E-state index contributed by atoms with van der Waals surface area (Å²) >= 11 is 3.71. The van der Waals surface area contributed by atoms with Crippen LogP contribution in [0.4, 0.5) is 17.1 Å². The van der Waals surface area contributed by atoms with Crippen molar-refractivity contribution in [3.63, 3.8) is 0 Å². The van der Waals surface area contributed by atoms with Gasteiger partial charge in [0.2, 0.25) is 14.9 Å². The predicted octanol–water partition coefficient (Wildman–Crippen LogP) is 14.4. The van der Waals surface area contributed by atoms with Gasteiger partial charge in [0, 0.05) is 39.6 Å². The molecule has 0 amide bonds. The van der Waals surface area contributed by atoms with Crippen LogP contribution >= 0.6 is 15.9 Å². The summed E-state index contributed by atoms with van der Waals surface area (Å²) in [5.74, 6) is 4.18. The van der Waals surface area contributed by atoms with Gasteiger partial charge in [0.1, 0.15) is 5.75 Å². The molecule has 4 atom stereocenters. The highest BCUT2D eigenvalue weighted by Gasteiger charge is 2.37. The Bertz CT molecular complexity index is 3400. The number of rotatable bonds is 14. The quantitative estimate of drug-likeness (QED) is 0.0773. The summed E-state index contributed by atoms with van der Waals surface area (Å²) in [5, 5.41) is 28.7. The summed E-state index contributed by atoms with van der Waals surface area (Å²) in [6.07, 6.45) is 24.9. The van der Waals surface area contributed by atoms with Gasteiger partial charge >= 0.3 is 0 Å². The molecule has 424 valence electrons. The van der Waals surface area contributed by atoms with Gasteiger partial charge in [0.25, 0.3) is 0 Å². The van der Waals surface area contributed by atoms with Crippen molar-refractivity contribution in [2.24, 2.45) is 23.7 Å². The average molecular weight is 1160 g/mol. The lowest BCUT2D eigenvalue weighted by molar-refractivity contribution is -0.116. The molecule has 0 radical (unpaired) electrons. The number of aliphatic hydroxyl groups is 1. The van der Waals surface area contributed by atoms with Crippen molar-refractivity contribution in [3.05, 3.63) is 136 Å². The number of hydrogen-bond acceptors (Lipinski definition) is 10. The van der Waals surface area contributed by atoms with Crippen molar-refractivity contribution in [1.29, 1.82) is 10.5 Å². The van der Waals surface area contributed by atoms with E-state index in [1.165, 1.54) is 158 Å². The average Bonchev–Trinajstić information content (AvgIpc) is 4.43. The lowest BCUT2D eigenvalue weighted by Gasteiger charge is -2.20. The molecule has 8 aliphatic carbocycles. The van der Waals surface area contributed by atoms with Gasteiger partial charge < -0.3 is 26.7 Å². The van der Waals surface area contributed by atoms with E-state index in [1.807, 2.05) is 6.07 Å². The Morgan fingerprint density at radius 3 is 1.56 bits per heavy atom. The van der Waals surface area contributed by atoms with Crippen molar-refractivity contribution in [1.82, 2.24) is 0 Å². The van der Waals surface area contributed by atoms with E-state index >= 15 is 0 Å². The number of carbonyl (C=O) groups excluding carboxylic acids is 1. The number of hydrogen-bond donors (Lipinski definition) is 4. The zero-order chi connectivity index (χ0) is 56.9. The topological polar surface area (TPSA) is 210 Å². The number of anilines is 3. The highest BCUT2D eigenvalue weighted by Crippen LogP contribution is 2.50. The van der Waals surface area contributed by atoms with Crippen LogP contribution in [0.25, 0.3) is 0 Å². The minimum absolute atomic E-state index is 0.0404. The van der Waals surface area contributed by atoms with Crippen LogP contribution in [0.3, 0.4) is 0 Å². The Kier molecular flexibility index (Phi) is 17.0. The van der Waals surface area contributed by atoms with Crippen LogP contribution in [0.2, 0.25) is 0 Å². The number of aryl methyl sites for hydroxylation is 1. The summed E-state index contributed by atoms with van der Waals surface area (Å²) in [6.45, 7) is 12.1. The molecule has 4 fully saturated rings. The second-order valence-corrected chi connectivity index (χ2v) is 28.5. The number of sulfone groups is 1. The second-order valence-electron chi connectivity index (χ2n) is 25.7. The molecule has 0 saturated heterocycles. The first kappa shape index (κ1) is 57.8. The van der Waals surface area contributed by atoms with Crippen LogP contribution in [-0.2, 0) is 78.0 Å². The number of furan rings is 1. The minimum atomic E-state index is -3.96. The van der Waals surface area contributed by atoms with Crippen molar-refractivity contribution >= 4 is 48.6 Å². The highest BCUT2D eigenvalue weighted by atomic mass is 79.9. The number of nitrogens with zero attached hydrogens (tertiary/aromatic N) is 2. The highest BCUT2D eigenvalue weighted by molar-refractivity contribution is 9.10. The third kappa shape index (κ3) is 12.3.